The highest BCUT2D eigenvalue weighted by molar-refractivity contribution is 6.42. The molecule has 0 spiro atoms. The Bertz CT molecular complexity index is 603. The van der Waals surface area contributed by atoms with Gasteiger partial charge in [0.1, 0.15) is 11.6 Å². The Morgan fingerprint density at radius 2 is 1.85 bits per heavy atom. The van der Waals surface area contributed by atoms with Gasteiger partial charge in [-0.25, -0.2) is 0 Å². The molecule has 0 amide bonds. The van der Waals surface area contributed by atoms with Gasteiger partial charge in [-0.05, 0) is 24.6 Å². The molecule has 0 aliphatic heterocycles. The summed E-state index contributed by atoms with van der Waals surface area (Å²) in [7, 11) is 0. The number of anilines is 4. The van der Waals surface area contributed by atoms with E-state index in [1.54, 1.807) is 18.2 Å². The molecule has 0 radical (unpaired) electrons. The zero-order chi connectivity index (χ0) is 14.5. The van der Waals surface area contributed by atoms with Crippen LogP contribution in [0, 0.1) is 0 Å². The predicted molar refractivity (Wildman–Crippen MR) is 85.0 cm³/mol. The van der Waals surface area contributed by atoms with Gasteiger partial charge >= 0.3 is 0 Å². The fraction of sp³-hybridized carbons (Fsp3) is 0.231. The molecule has 0 fully saturated rings. The van der Waals surface area contributed by atoms with Crippen LogP contribution in [0.15, 0.2) is 24.3 Å². The SMILES string of the molecule is CCCNc1cc(Nc2ccc(Cl)c(Cl)c2)nc(N)n1. The summed E-state index contributed by atoms with van der Waals surface area (Å²) in [5, 5.41) is 7.26. The van der Waals surface area contributed by atoms with Crippen molar-refractivity contribution in [3.05, 3.63) is 34.3 Å². The third kappa shape index (κ3) is 3.88. The van der Waals surface area contributed by atoms with E-state index in [0.717, 1.165) is 18.7 Å². The highest BCUT2D eigenvalue weighted by Gasteiger charge is 2.04. The number of aromatic nitrogens is 2. The maximum atomic E-state index is 5.97. The third-order valence-electron chi connectivity index (χ3n) is 2.49. The molecule has 20 heavy (non-hydrogen) atoms. The molecule has 1 aromatic carbocycles. The largest absolute Gasteiger partial charge is 0.370 e. The number of nitrogens with zero attached hydrogens (tertiary/aromatic N) is 2. The number of nitrogens with one attached hydrogen (secondary N) is 2. The normalized spacial score (nSPS) is 10.3. The molecule has 0 unspecified atom stereocenters. The van der Waals surface area contributed by atoms with Crippen LogP contribution >= 0.6 is 23.2 Å². The van der Waals surface area contributed by atoms with Crippen LogP contribution < -0.4 is 16.4 Å². The summed E-state index contributed by atoms with van der Waals surface area (Å²) in [6, 6.07) is 7.04. The molecule has 1 heterocycles. The van der Waals surface area contributed by atoms with Gasteiger partial charge in [0.25, 0.3) is 0 Å². The first-order valence-corrected chi connectivity index (χ1v) is 6.94. The molecule has 4 N–H and O–H groups in total. The molecular weight excluding hydrogens is 297 g/mol. The zero-order valence-electron chi connectivity index (χ0n) is 11.0. The van der Waals surface area contributed by atoms with Crippen LogP contribution in [0.2, 0.25) is 10.0 Å². The molecule has 0 bridgehead atoms. The standard InChI is InChI=1S/C13H15Cl2N5/c1-2-5-17-11-7-12(20-13(16)19-11)18-8-3-4-9(14)10(15)6-8/h3-4,6-7H,2,5H2,1H3,(H4,16,17,18,19,20). The fourth-order valence-corrected chi connectivity index (χ4v) is 1.89. The van der Waals surface area contributed by atoms with Gasteiger partial charge in [0, 0.05) is 18.3 Å². The topological polar surface area (TPSA) is 75.9 Å². The first-order valence-electron chi connectivity index (χ1n) is 6.19. The molecule has 0 aliphatic carbocycles. The molecule has 2 aromatic rings. The number of hydrogen-bond donors (Lipinski definition) is 3. The lowest BCUT2D eigenvalue weighted by Crippen LogP contribution is -2.06. The van der Waals surface area contributed by atoms with Crippen LogP contribution in [0.25, 0.3) is 0 Å². The quantitative estimate of drug-likeness (QED) is 0.780. The van der Waals surface area contributed by atoms with Gasteiger partial charge < -0.3 is 16.4 Å². The maximum Gasteiger partial charge on any atom is 0.223 e. The monoisotopic (exact) mass is 311 g/mol. The van der Waals surface area contributed by atoms with Crippen LogP contribution in [0.4, 0.5) is 23.3 Å². The van der Waals surface area contributed by atoms with Crippen molar-refractivity contribution in [2.45, 2.75) is 13.3 Å². The molecule has 5 nitrogen and oxygen atoms in total. The Balaban J connectivity index is 2.19. The van der Waals surface area contributed by atoms with Crippen molar-refractivity contribution in [3.63, 3.8) is 0 Å². The summed E-state index contributed by atoms with van der Waals surface area (Å²) in [5.74, 6) is 1.48. The lowest BCUT2D eigenvalue weighted by molar-refractivity contribution is 0.967. The second-order valence-electron chi connectivity index (χ2n) is 4.18. The van der Waals surface area contributed by atoms with Crippen molar-refractivity contribution >= 4 is 46.5 Å². The Hall–Kier alpha value is -1.72. The van der Waals surface area contributed by atoms with Crippen LogP contribution in [0.5, 0.6) is 0 Å². The number of halogens is 2. The number of nitrogens with two attached hydrogens (primary N) is 1. The van der Waals surface area contributed by atoms with Crippen LogP contribution in [0.3, 0.4) is 0 Å². The summed E-state index contributed by atoms with van der Waals surface area (Å²) in [5.41, 5.74) is 6.47. The van der Waals surface area contributed by atoms with E-state index in [-0.39, 0.29) is 5.95 Å². The van der Waals surface area contributed by atoms with Gasteiger partial charge in [0.2, 0.25) is 5.95 Å². The molecule has 0 saturated heterocycles. The second-order valence-corrected chi connectivity index (χ2v) is 4.99. The number of benzene rings is 1. The van der Waals surface area contributed by atoms with Crippen LogP contribution in [0.1, 0.15) is 13.3 Å². The van der Waals surface area contributed by atoms with E-state index in [9.17, 15) is 0 Å². The Morgan fingerprint density at radius 3 is 2.55 bits per heavy atom. The minimum Gasteiger partial charge on any atom is -0.370 e. The molecule has 0 saturated carbocycles. The Morgan fingerprint density at radius 1 is 1.10 bits per heavy atom. The van der Waals surface area contributed by atoms with E-state index in [0.29, 0.717) is 21.7 Å². The van der Waals surface area contributed by atoms with Crippen molar-refractivity contribution in [2.24, 2.45) is 0 Å². The Labute approximate surface area is 127 Å². The van der Waals surface area contributed by atoms with Gasteiger partial charge in [0.05, 0.1) is 10.0 Å². The van der Waals surface area contributed by atoms with Gasteiger partial charge in [-0.1, -0.05) is 30.1 Å². The van der Waals surface area contributed by atoms with E-state index in [1.807, 2.05) is 6.07 Å². The first kappa shape index (κ1) is 14.7. The Kier molecular flexibility index (Phi) is 4.87. The van der Waals surface area contributed by atoms with Crippen molar-refractivity contribution in [2.75, 3.05) is 22.9 Å². The molecule has 7 heteroatoms. The van der Waals surface area contributed by atoms with E-state index in [1.165, 1.54) is 0 Å². The van der Waals surface area contributed by atoms with Crippen LogP contribution in [-0.4, -0.2) is 16.5 Å². The number of nitrogen functional groups attached to an aromatic ring is 1. The molecular formula is C13H15Cl2N5. The molecule has 106 valence electrons. The van der Waals surface area contributed by atoms with Crippen molar-refractivity contribution in [1.82, 2.24) is 9.97 Å². The van der Waals surface area contributed by atoms with Gasteiger partial charge in [-0.2, -0.15) is 9.97 Å². The maximum absolute atomic E-state index is 5.97. The summed E-state index contributed by atoms with van der Waals surface area (Å²) in [6.45, 7) is 2.90. The fourth-order valence-electron chi connectivity index (χ4n) is 1.60. The minimum absolute atomic E-state index is 0.202. The highest BCUT2D eigenvalue weighted by Crippen LogP contribution is 2.27. The number of hydrogen-bond acceptors (Lipinski definition) is 5. The van der Waals surface area contributed by atoms with E-state index in [2.05, 4.69) is 27.5 Å². The lowest BCUT2D eigenvalue weighted by atomic mass is 10.3. The smallest absolute Gasteiger partial charge is 0.223 e. The summed E-state index contributed by atoms with van der Waals surface area (Å²) in [4.78, 5) is 8.24. The third-order valence-corrected chi connectivity index (χ3v) is 3.23. The van der Waals surface area contributed by atoms with Crippen molar-refractivity contribution in [3.8, 4) is 0 Å². The second kappa shape index (κ2) is 6.63. The summed E-state index contributed by atoms with van der Waals surface area (Å²) < 4.78 is 0. The molecule has 1 aromatic heterocycles. The van der Waals surface area contributed by atoms with Gasteiger partial charge in [-0.3, -0.25) is 0 Å². The minimum atomic E-state index is 0.202. The first-order chi connectivity index (χ1) is 9.58. The van der Waals surface area contributed by atoms with E-state index >= 15 is 0 Å². The van der Waals surface area contributed by atoms with Crippen molar-refractivity contribution < 1.29 is 0 Å². The highest BCUT2D eigenvalue weighted by atomic mass is 35.5. The summed E-state index contributed by atoms with van der Waals surface area (Å²) in [6.07, 6.45) is 0.999. The molecule has 0 aliphatic rings. The van der Waals surface area contributed by atoms with E-state index in [4.69, 9.17) is 28.9 Å². The zero-order valence-corrected chi connectivity index (χ0v) is 12.5. The molecule has 0 atom stereocenters. The molecule has 2 rings (SSSR count). The van der Waals surface area contributed by atoms with E-state index < -0.39 is 0 Å². The predicted octanol–water partition coefficient (Wildman–Crippen LogP) is 3.93. The van der Waals surface area contributed by atoms with Gasteiger partial charge in [0.15, 0.2) is 0 Å². The van der Waals surface area contributed by atoms with Gasteiger partial charge in [-0.15, -0.1) is 0 Å². The average Bonchev–Trinajstić information content (AvgIpc) is 2.40. The lowest BCUT2D eigenvalue weighted by Gasteiger charge is -2.10. The summed E-state index contributed by atoms with van der Waals surface area (Å²) >= 11 is 11.8. The van der Waals surface area contributed by atoms with Crippen molar-refractivity contribution in [1.29, 1.82) is 0 Å². The average molecular weight is 312 g/mol. The van der Waals surface area contributed by atoms with Crippen LogP contribution in [-0.2, 0) is 0 Å². The number of rotatable bonds is 5.